The van der Waals surface area contributed by atoms with Crippen molar-refractivity contribution in [3.63, 3.8) is 0 Å². The van der Waals surface area contributed by atoms with Crippen molar-refractivity contribution < 1.29 is 28.8 Å². The molecule has 0 aromatic heterocycles. The van der Waals surface area contributed by atoms with Gasteiger partial charge in [0, 0.05) is 22.2 Å². The number of esters is 1. The van der Waals surface area contributed by atoms with Crippen LogP contribution in [0.5, 0.6) is 17.2 Å². The quantitative estimate of drug-likeness (QED) is 0.634. The minimum absolute atomic E-state index is 0.0296. The second kappa shape index (κ2) is 8.12. The molecule has 26 heavy (non-hydrogen) atoms. The number of methoxy groups -OCH3 is 1. The lowest BCUT2D eigenvalue weighted by Gasteiger charge is -2.20. The first-order chi connectivity index (χ1) is 12.6. The molecule has 2 aromatic carbocycles. The molecule has 0 saturated heterocycles. The number of phenolic OH excluding ortho intramolecular Hbond substituents is 1. The lowest BCUT2D eigenvalue weighted by atomic mass is 10.1. The molecule has 0 unspecified atom stereocenters. The van der Waals surface area contributed by atoms with Crippen LogP contribution < -0.4 is 9.47 Å². The average Bonchev–Trinajstić information content (AvgIpc) is 2.65. The van der Waals surface area contributed by atoms with E-state index in [4.69, 9.17) is 30.5 Å². The number of halogens is 1. The van der Waals surface area contributed by atoms with Gasteiger partial charge in [0.15, 0.2) is 18.3 Å². The van der Waals surface area contributed by atoms with Crippen LogP contribution in [0.1, 0.15) is 16.7 Å². The second-order valence-electron chi connectivity index (χ2n) is 5.54. The van der Waals surface area contributed by atoms with Crippen LogP contribution in [0.15, 0.2) is 36.4 Å². The fourth-order valence-electron chi connectivity index (χ4n) is 2.52. The highest BCUT2D eigenvalue weighted by Crippen LogP contribution is 2.32. The third kappa shape index (κ3) is 4.28. The molecule has 6 nitrogen and oxygen atoms in total. The van der Waals surface area contributed by atoms with Crippen LogP contribution in [0.4, 0.5) is 0 Å². The van der Waals surface area contributed by atoms with Gasteiger partial charge >= 0.3 is 5.97 Å². The van der Waals surface area contributed by atoms with Crippen molar-refractivity contribution in [2.24, 2.45) is 0 Å². The first-order valence-electron chi connectivity index (χ1n) is 7.80. The molecule has 0 radical (unpaired) electrons. The van der Waals surface area contributed by atoms with Crippen LogP contribution in [-0.2, 0) is 27.5 Å². The number of hydrogen-bond donors (Lipinski definition) is 1. The van der Waals surface area contributed by atoms with Crippen molar-refractivity contribution in [3.8, 4) is 17.2 Å². The zero-order valence-corrected chi connectivity index (χ0v) is 14.8. The van der Waals surface area contributed by atoms with Crippen molar-refractivity contribution in [1.82, 2.24) is 0 Å². The van der Waals surface area contributed by atoms with Gasteiger partial charge in [0.1, 0.15) is 12.4 Å². The van der Waals surface area contributed by atoms with Crippen LogP contribution in [0.2, 0.25) is 5.02 Å². The van der Waals surface area contributed by atoms with E-state index in [-0.39, 0.29) is 19.1 Å². The summed E-state index contributed by atoms with van der Waals surface area (Å²) in [6.07, 6.45) is 2.87. The van der Waals surface area contributed by atoms with E-state index in [1.54, 1.807) is 30.3 Å². The number of ether oxygens (including phenoxy) is 4. The summed E-state index contributed by atoms with van der Waals surface area (Å²) in [6.45, 7) is 0.586. The van der Waals surface area contributed by atoms with Crippen molar-refractivity contribution in [3.05, 3.63) is 58.1 Å². The van der Waals surface area contributed by atoms with E-state index in [0.29, 0.717) is 34.3 Å². The SMILES string of the molecule is COc1cc(/C=C/C(=O)OCc2cc(Cl)cc3c2OCOC3)ccc1O. The highest BCUT2D eigenvalue weighted by Gasteiger charge is 2.17. The summed E-state index contributed by atoms with van der Waals surface area (Å²) in [4.78, 5) is 12.0. The monoisotopic (exact) mass is 376 g/mol. The maximum atomic E-state index is 12.0. The Hall–Kier alpha value is -2.70. The average molecular weight is 377 g/mol. The van der Waals surface area contributed by atoms with E-state index in [1.165, 1.54) is 19.3 Å². The van der Waals surface area contributed by atoms with Gasteiger partial charge in [0.2, 0.25) is 0 Å². The lowest BCUT2D eigenvalue weighted by Crippen LogP contribution is -2.14. The van der Waals surface area contributed by atoms with Crippen LogP contribution in [0.25, 0.3) is 6.08 Å². The van der Waals surface area contributed by atoms with E-state index in [0.717, 1.165) is 5.56 Å². The number of hydrogen-bond acceptors (Lipinski definition) is 6. The van der Waals surface area contributed by atoms with Crippen molar-refractivity contribution >= 4 is 23.6 Å². The second-order valence-corrected chi connectivity index (χ2v) is 5.97. The molecule has 3 rings (SSSR count). The Morgan fingerprint density at radius 1 is 1.35 bits per heavy atom. The molecule has 0 aliphatic carbocycles. The summed E-state index contributed by atoms with van der Waals surface area (Å²) in [7, 11) is 1.45. The number of benzene rings is 2. The standard InChI is InChI=1S/C19H17ClO6/c1-23-17-6-12(2-4-16(17)21)3-5-18(22)25-10-14-8-15(20)7-13-9-24-11-26-19(13)14/h2-8,21H,9-11H2,1H3/b5-3+. The third-order valence-electron chi connectivity index (χ3n) is 3.74. The van der Waals surface area contributed by atoms with Gasteiger partial charge in [0.05, 0.1) is 13.7 Å². The molecule has 0 amide bonds. The van der Waals surface area contributed by atoms with E-state index in [1.807, 2.05) is 0 Å². The topological polar surface area (TPSA) is 74.2 Å². The summed E-state index contributed by atoms with van der Waals surface area (Å²) in [5.74, 6) is 0.478. The van der Waals surface area contributed by atoms with Gasteiger partial charge in [-0.25, -0.2) is 4.79 Å². The molecular weight excluding hydrogens is 360 g/mol. The zero-order chi connectivity index (χ0) is 18.5. The van der Waals surface area contributed by atoms with Gasteiger partial charge < -0.3 is 24.1 Å². The van der Waals surface area contributed by atoms with E-state index in [2.05, 4.69) is 0 Å². The number of rotatable bonds is 5. The first-order valence-corrected chi connectivity index (χ1v) is 8.18. The van der Waals surface area contributed by atoms with Crippen LogP contribution in [0.3, 0.4) is 0 Å². The summed E-state index contributed by atoms with van der Waals surface area (Å²) in [6, 6.07) is 8.22. The number of fused-ring (bicyclic) bond motifs is 1. The molecule has 0 bridgehead atoms. The summed E-state index contributed by atoms with van der Waals surface area (Å²) in [5, 5.41) is 10.1. The molecule has 136 valence electrons. The van der Waals surface area contributed by atoms with E-state index in [9.17, 15) is 9.90 Å². The molecule has 1 aliphatic heterocycles. The number of aromatic hydroxyl groups is 1. The van der Waals surface area contributed by atoms with Crippen LogP contribution >= 0.6 is 11.6 Å². The minimum Gasteiger partial charge on any atom is -0.504 e. The minimum atomic E-state index is -0.516. The fourth-order valence-corrected chi connectivity index (χ4v) is 2.79. The van der Waals surface area contributed by atoms with Gasteiger partial charge in [-0.1, -0.05) is 17.7 Å². The lowest BCUT2D eigenvalue weighted by molar-refractivity contribution is -0.139. The molecule has 1 aliphatic rings. The molecule has 0 spiro atoms. The number of phenols is 1. The van der Waals surface area contributed by atoms with Gasteiger partial charge in [-0.15, -0.1) is 0 Å². The highest BCUT2D eigenvalue weighted by molar-refractivity contribution is 6.30. The number of carbonyl (C=O) groups excluding carboxylic acids is 1. The molecule has 1 N–H and O–H groups in total. The summed E-state index contributed by atoms with van der Waals surface area (Å²) < 4.78 is 21.0. The first kappa shape index (κ1) is 18.1. The summed E-state index contributed by atoms with van der Waals surface area (Å²) in [5.41, 5.74) is 2.20. The van der Waals surface area contributed by atoms with Crippen molar-refractivity contribution in [2.45, 2.75) is 13.2 Å². The predicted octanol–water partition coefficient (Wildman–Crippen LogP) is 3.68. The maximum Gasteiger partial charge on any atom is 0.331 e. The Kier molecular flexibility index (Phi) is 5.65. The molecule has 0 saturated carbocycles. The Morgan fingerprint density at radius 3 is 3.00 bits per heavy atom. The molecule has 0 atom stereocenters. The molecule has 7 heteroatoms. The van der Waals surface area contributed by atoms with Crippen LogP contribution in [0, 0.1) is 0 Å². The maximum absolute atomic E-state index is 12.0. The smallest absolute Gasteiger partial charge is 0.331 e. The van der Waals surface area contributed by atoms with Crippen molar-refractivity contribution in [1.29, 1.82) is 0 Å². The van der Waals surface area contributed by atoms with Gasteiger partial charge in [-0.05, 0) is 35.9 Å². The van der Waals surface area contributed by atoms with Crippen molar-refractivity contribution in [2.75, 3.05) is 13.9 Å². The van der Waals surface area contributed by atoms with E-state index < -0.39 is 5.97 Å². The molecular formula is C19H17ClO6. The largest absolute Gasteiger partial charge is 0.504 e. The third-order valence-corrected chi connectivity index (χ3v) is 3.96. The normalized spacial score (nSPS) is 13.2. The van der Waals surface area contributed by atoms with Gasteiger partial charge in [0.25, 0.3) is 0 Å². The highest BCUT2D eigenvalue weighted by atomic mass is 35.5. The molecule has 0 fully saturated rings. The van der Waals surface area contributed by atoms with Gasteiger partial charge in [-0.2, -0.15) is 0 Å². The van der Waals surface area contributed by atoms with Crippen LogP contribution in [-0.4, -0.2) is 25.0 Å². The Labute approximate surface area is 155 Å². The molecule has 1 heterocycles. The Morgan fingerprint density at radius 2 is 2.19 bits per heavy atom. The summed E-state index contributed by atoms with van der Waals surface area (Å²) >= 11 is 6.08. The van der Waals surface area contributed by atoms with E-state index >= 15 is 0 Å². The Balaban J connectivity index is 1.65. The fraction of sp³-hybridized carbons (Fsp3) is 0.211. The number of carbonyl (C=O) groups is 1. The predicted molar refractivity (Wildman–Crippen MR) is 95.2 cm³/mol. The molecule has 2 aromatic rings. The Bertz CT molecular complexity index is 846. The zero-order valence-electron chi connectivity index (χ0n) is 14.0. The van der Waals surface area contributed by atoms with Gasteiger partial charge in [-0.3, -0.25) is 0 Å².